The van der Waals surface area contributed by atoms with Gasteiger partial charge in [0.1, 0.15) is 11.2 Å². The Balaban J connectivity index is 0.844. The number of hydrogen-bond donors (Lipinski definition) is 0. The third-order valence-electron chi connectivity index (χ3n) is 13.8. The number of fused-ring (bicyclic) bond motifs is 9. The highest BCUT2D eigenvalue weighted by Gasteiger charge is 2.20. The van der Waals surface area contributed by atoms with Gasteiger partial charge in [0.05, 0.1) is 33.6 Å². The smallest absolute Gasteiger partial charge is 0.160 e. The fourth-order valence-electron chi connectivity index (χ4n) is 10.4. The summed E-state index contributed by atoms with van der Waals surface area (Å²) < 4.78 is 8.66. The number of nitrogens with zero attached hydrogens (tertiary/aromatic N) is 4. The van der Waals surface area contributed by atoms with Crippen LogP contribution >= 0.6 is 0 Å². The Bertz CT molecular complexity index is 4310. The van der Waals surface area contributed by atoms with Crippen LogP contribution in [0.2, 0.25) is 0 Å². The molecule has 0 aliphatic heterocycles. The molecular weight excluding hydrogens is 853 g/mol. The van der Waals surface area contributed by atoms with Crippen molar-refractivity contribution in [2.24, 2.45) is 0 Å². The molecule has 0 saturated heterocycles. The van der Waals surface area contributed by atoms with E-state index in [0.717, 1.165) is 111 Å². The number of aromatic nitrogens is 4. The van der Waals surface area contributed by atoms with Crippen LogP contribution in [-0.2, 0) is 0 Å². The van der Waals surface area contributed by atoms with Crippen molar-refractivity contribution in [3.8, 4) is 73.1 Å². The molecule has 4 heterocycles. The van der Waals surface area contributed by atoms with E-state index in [0.29, 0.717) is 5.82 Å². The second-order valence-electron chi connectivity index (χ2n) is 17.9. The van der Waals surface area contributed by atoms with E-state index in [-0.39, 0.29) is 0 Å². The third-order valence-corrected chi connectivity index (χ3v) is 13.8. The molecular formula is C65H40N4O. The van der Waals surface area contributed by atoms with E-state index in [1.165, 1.54) is 21.7 Å². The van der Waals surface area contributed by atoms with Crippen LogP contribution in [-0.4, -0.2) is 19.5 Å². The van der Waals surface area contributed by atoms with Crippen LogP contribution < -0.4 is 0 Å². The molecule has 0 bridgehead atoms. The van der Waals surface area contributed by atoms with Gasteiger partial charge in [-0.3, -0.25) is 0 Å². The van der Waals surface area contributed by atoms with Crippen LogP contribution in [0.4, 0.5) is 0 Å². The summed E-state index contributed by atoms with van der Waals surface area (Å²) in [6.07, 6.45) is 0. The Kier molecular flexibility index (Phi) is 9.14. The average molecular weight is 893 g/mol. The zero-order valence-corrected chi connectivity index (χ0v) is 37.8. The van der Waals surface area contributed by atoms with Crippen LogP contribution in [0.5, 0.6) is 0 Å². The standard InChI is InChI=1S/C65H40N4O/c1-4-15-45(16-5-1)63-56-39-60-55(50-21-10-12-25-59(50)69(60)48-19-8-3-9-20-48)38-54(56)53-24-14-23-49(64(53)68-63)43-31-27-41(28-32-43)42-29-33-44(34-30-42)57-40-58(67-65(66-57)46-17-6-2-7-18-46)47-35-36-52-51-22-11-13-26-61(51)70-62(52)37-47/h1-40H. The number of hydrogen-bond acceptors (Lipinski definition) is 4. The molecule has 14 aromatic rings. The van der Waals surface area contributed by atoms with E-state index >= 15 is 0 Å². The van der Waals surface area contributed by atoms with E-state index in [1.807, 2.05) is 36.4 Å². The highest BCUT2D eigenvalue weighted by Crippen LogP contribution is 2.42. The molecule has 10 aromatic carbocycles. The highest BCUT2D eigenvalue weighted by molar-refractivity contribution is 6.21. The first-order valence-corrected chi connectivity index (χ1v) is 23.7. The molecule has 5 nitrogen and oxygen atoms in total. The molecule has 0 unspecified atom stereocenters. The largest absolute Gasteiger partial charge is 0.456 e. The lowest BCUT2D eigenvalue weighted by atomic mass is 9.94. The van der Waals surface area contributed by atoms with Gasteiger partial charge in [-0.2, -0.15) is 0 Å². The zero-order valence-electron chi connectivity index (χ0n) is 37.8. The molecule has 0 N–H and O–H groups in total. The molecule has 5 heteroatoms. The lowest BCUT2D eigenvalue weighted by Gasteiger charge is -2.15. The van der Waals surface area contributed by atoms with Crippen LogP contribution in [0.25, 0.3) is 139 Å². The molecule has 0 spiro atoms. The second-order valence-corrected chi connectivity index (χ2v) is 17.9. The second kappa shape index (κ2) is 16.1. The monoisotopic (exact) mass is 892 g/mol. The van der Waals surface area contributed by atoms with Gasteiger partial charge >= 0.3 is 0 Å². The highest BCUT2D eigenvalue weighted by atomic mass is 16.3. The van der Waals surface area contributed by atoms with Crippen LogP contribution in [0.15, 0.2) is 247 Å². The first-order chi connectivity index (χ1) is 34.7. The normalized spacial score (nSPS) is 11.7. The topological polar surface area (TPSA) is 56.7 Å². The molecule has 0 fully saturated rings. The van der Waals surface area contributed by atoms with Gasteiger partial charge in [-0.1, -0.05) is 188 Å². The quantitative estimate of drug-likeness (QED) is 0.150. The Morgan fingerprint density at radius 1 is 0.300 bits per heavy atom. The minimum absolute atomic E-state index is 0.674. The molecule has 70 heavy (non-hydrogen) atoms. The number of benzene rings is 10. The van der Waals surface area contributed by atoms with Crippen LogP contribution in [0, 0.1) is 0 Å². The Hall–Kier alpha value is -9.45. The molecule has 326 valence electrons. The number of furan rings is 1. The molecule has 14 rings (SSSR count). The zero-order chi connectivity index (χ0) is 46.1. The lowest BCUT2D eigenvalue weighted by Crippen LogP contribution is -1.96. The maximum atomic E-state index is 6.28. The average Bonchev–Trinajstić information content (AvgIpc) is 3.98. The van der Waals surface area contributed by atoms with E-state index in [9.17, 15) is 0 Å². The first kappa shape index (κ1) is 39.7. The van der Waals surface area contributed by atoms with E-state index in [2.05, 4.69) is 211 Å². The van der Waals surface area contributed by atoms with Gasteiger partial charge in [0, 0.05) is 65.8 Å². The van der Waals surface area contributed by atoms with Crippen molar-refractivity contribution in [2.45, 2.75) is 0 Å². The van der Waals surface area contributed by atoms with E-state index < -0.39 is 0 Å². The Labute approximate surface area is 403 Å². The summed E-state index contributed by atoms with van der Waals surface area (Å²) in [5.41, 5.74) is 17.3. The molecule has 0 atom stereocenters. The summed E-state index contributed by atoms with van der Waals surface area (Å²) in [7, 11) is 0. The van der Waals surface area contributed by atoms with Gasteiger partial charge in [0.15, 0.2) is 5.82 Å². The number of pyridine rings is 1. The predicted molar refractivity (Wildman–Crippen MR) is 289 cm³/mol. The van der Waals surface area contributed by atoms with Gasteiger partial charge in [-0.15, -0.1) is 0 Å². The lowest BCUT2D eigenvalue weighted by molar-refractivity contribution is 0.669. The van der Waals surface area contributed by atoms with Crippen molar-refractivity contribution in [1.29, 1.82) is 0 Å². The number of rotatable bonds is 7. The molecule has 0 radical (unpaired) electrons. The summed E-state index contributed by atoms with van der Waals surface area (Å²) >= 11 is 0. The summed E-state index contributed by atoms with van der Waals surface area (Å²) in [6.45, 7) is 0. The summed E-state index contributed by atoms with van der Waals surface area (Å²) in [4.78, 5) is 15.8. The molecule has 0 aliphatic carbocycles. The minimum Gasteiger partial charge on any atom is -0.456 e. The van der Waals surface area contributed by atoms with Crippen molar-refractivity contribution in [1.82, 2.24) is 19.5 Å². The minimum atomic E-state index is 0.674. The van der Waals surface area contributed by atoms with Crippen molar-refractivity contribution >= 4 is 65.4 Å². The Morgan fingerprint density at radius 2 is 0.886 bits per heavy atom. The van der Waals surface area contributed by atoms with Gasteiger partial charge in [0.2, 0.25) is 0 Å². The first-order valence-electron chi connectivity index (χ1n) is 23.7. The fraction of sp³-hybridized carbons (Fsp3) is 0. The van der Waals surface area contributed by atoms with Gasteiger partial charge in [-0.05, 0) is 76.7 Å². The predicted octanol–water partition coefficient (Wildman–Crippen LogP) is 17.2. The summed E-state index contributed by atoms with van der Waals surface area (Å²) in [6, 6.07) is 85.7. The van der Waals surface area contributed by atoms with Crippen LogP contribution in [0.1, 0.15) is 0 Å². The van der Waals surface area contributed by atoms with Crippen LogP contribution in [0.3, 0.4) is 0 Å². The van der Waals surface area contributed by atoms with Crippen molar-refractivity contribution in [2.75, 3.05) is 0 Å². The Morgan fingerprint density at radius 3 is 1.64 bits per heavy atom. The van der Waals surface area contributed by atoms with Gasteiger partial charge in [0.25, 0.3) is 0 Å². The molecule has 0 amide bonds. The molecule has 0 aliphatic rings. The van der Waals surface area contributed by atoms with Crippen molar-refractivity contribution in [3.05, 3.63) is 243 Å². The van der Waals surface area contributed by atoms with E-state index in [4.69, 9.17) is 19.4 Å². The van der Waals surface area contributed by atoms with Crippen molar-refractivity contribution in [3.63, 3.8) is 0 Å². The van der Waals surface area contributed by atoms with Crippen molar-refractivity contribution < 1.29 is 4.42 Å². The molecule has 0 saturated carbocycles. The van der Waals surface area contributed by atoms with Gasteiger partial charge < -0.3 is 8.98 Å². The maximum absolute atomic E-state index is 6.28. The SMILES string of the molecule is c1ccc(-c2nc(-c3ccc(-c4ccc(-c5cccc6c5nc(-c5ccccc5)c5cc7c(cc56)c5ccccc5n7-c5ccccc5)cc4)cc3)cc(-c3ccc4c(c3)oc3ccccc34)n2)cc1. The fourth-order valence-corrected chi connectivity index (χ4v) is 10.4. The number of para-hydroxylation sites is 4. The summed E-state index contributed by atoms with van der Waals surface area (Å²) in [5.74, 6) is 0.674. The third kappa shape index (κ3) is 6.59. The molecule has 4 aromatic heterocycles. The van der Waals surface area contributed by atoms with Gasteiger partial charge in [-0.25, -0.2) is 15.0 Å². The van der Waals surface area contributed by atoms with E-state index in [1.54, 1.807) is 0 Å². The summed E-state index contributed by atoms with van der Waals surface area (Å²) in [5, 5.41) is 8.08. The maximum Gasteiger partial charge on any atom is 0.160 e.